The van der Waals surface area contributed by atoms with Gasteiger partial charge in [0, 0.05) is 0 Å². The smallest absolute Gasteiger partial charge is 0.323 e. The van der Waals surface area contributed by atoms with Crippen LogP contribution in [0, 0.1) is 0 Å². The molecule has 0 aromatic heterocycles. The second-order valence-corrected chi connectivity index (χ2v) is 5.34. The molecule has 0 spiro atoms. The van der Waals surface area contributed by atoms with Gasteiger partial charge in [0.25, 0.3) is 0 Å². The van der Waals surface area contributed by atoms with Gasteiger partial charge in [-0.05, 0) is 0 Å². The van der Waals surface area contributed by atoms with Gasteiger partial charge in [0.05, 0.1) is 0 Å². The van der Waals surface area contributed by atoms with E-state index in [1.807, 2.05) is 0 Å². The van der Waals surface area contributed by atoms with Crippen LogP contribution in [-0.4, -0.2) is 42.4 Å². The van der Waals surface area contributed by atoms with Crippen LogP contribution in [0.3, 0.4) is 0 Å². The molecule has 0 aliphatic heterocycles. The van der Waals surface area contributed by atoms with Crippen molar-refractivity contribution in [2.45, 2.75) is 0 Å². The van der Waals surface area contributed by atoms with Gasteiger partial charge >= 0.3 is 15.2 Å². The maximum absolute atomic E-state index is 10.2. The fourth-order valence-corrected chi connectivity index (χ4v) is 1.68. The number of hydrogen-bond donors (Lipinski definition) is 5. The molecule has 5 N–H and O–H groups in total. The molecule has 0 radical (unpaired) electrons. The molecular weight excluding hydrogens is 212 g/mol. The SMILES string of the molecule is O=P(O)(O)CN(O)CP(=O)(O)O. The summed E-state index contributed by atoms with van der Waals surface area (Å²) in [6.45, 7) is 0. The highest BCUT2D eigenvalue weighted by molar-refractivity contribution is 7.52. The highest BCUT2D eigenvalue weighted by Crippen LogP contribution is 2.39. The molecule has 74 valence electrons. The zero-order chi connectivity index (χ0) is 9.99. The molecule has 0 aliphatic carbocycles. The lowest BCUT2D eigenvalue weighted by Gasteiger charge is -2.15. The van der Waals surface area contributed by atoms with Crippen molar-refractivity contribution < 1.29 is 33.9 Å². The molecule has 0 amide bonds. The van der Waals surface area contributed by atoms with Crippen molar-refractivity contribution in [3.8, 4) is 0 Å². The highest BCUT2D eigenvalue weighted by Gasteiger charge is 2.24. The molecule has 0 bridgehead atoms. The molecule has 0 aliphatic rings. The Bertz CT molecular complexity index is 204. The third kappa shape index (κ3) is 8.32. The summed E-state index contributed by atoms with van der Waals surface area (Å²) in [4.78, 5) is 33.0. The average molecular weight is 221 g/mol. The van der Waals surface area contributed by atoms with Crippen LogP contribution in [-0.2, 0) is 9.13 Å². The van der Waals surface area contributed by atoms with Gasteiger partial charge in [0.2, 0.25) is 0 Å². The van der Waals surface area contributed by atoms with E-state index in [1.165, 1.54) is 0 Å². The van der Waals surface area contributed by atoms with Crippen LogP contribution in [0.15, 0.2) is 0 Å². The quantitative estimate of drug-likeness (QED) is 0.299. The minimum absolute atomic E-state index is 0.110. The van der Waals surface area contributed by atoms with E-state index in [0.717, 1.165) is 0 Å². The summed E-state index contributed by atoms with van der Waals surface area (Å²) >= 11 is 0. The normalized spacial score (nSPS) is 13.8. The van der Waals surface area contributed by atoms with E-state index in [9.17, 15) is 9.13 Å². The van der Waals surface area contributed by atoms with E-state index in [1.54, 1.807) is 0 Å². The molecule has 10 heteroatoms. The highest BCUT2D eigenvalue weighted by atomic mass is 31.2. The zero-order valence-electron chi connectivity index (χ0n) is 5.81. The van der Waals surface area contributed by atoms with Crippen LogP contribution >= 0.6 is 15.2 Å². The lowest BCUT2D eigenvalue weighted by molar-refractivity contribution is -0.0633. The van der Waals surface area contributed by atoms with E-state index in [4.69, 9.17) is 24.8 Å². The summed E-state index contributed by atoms with van der Waals surface area (Å²) in [5, 5.41) is 8.46. The third-order valence-electron chi connectivity index (χ3n) is 0.695. The molecule has 0 aromatic carbocycles. The van der Waals surface area contributed by atoms with Crippen LogP contribution < -0.4 is 0 Å². The summed E-state index contributed by atoms with van der Waals surface area (Å²) in [5.41, 5.74) is 0. The summed E-state index contributed by atoms with van der Waals surface area (Å²) < 4.78 is 20.3. The lowest BCUT2D eigenvalue weighted by Crippen LogP contribution is -2.21. The molecule has 0 aromatic rings. The fourth-order valence-electron chi connectivity index (χ4n) is 0.470. The molecule has 0 saturated heterocycles. The van der Waals surface area contributed by atoms with E-state index in [-0.39, 0.29) is 5.06 Å². The van der Waals surface area contributed by atoms with Gasteiger partial charge < -0.3 is 24.8 Å². The van der Waals surface area contributed by atoms with Gasteiger partial charge in [-0.1, -0.05) is 0 Å². The largest absolute Gasteiger partial charge is 0.341 e. The standard InChI is InChI=1S/C2H9NO7P2/c4-3(1-11(5,6)7)2-12(8,9)10/h4H,1-2H2,(H2,5,6,7)(H2,8,9,10). The van der Waals surface area contributed by atoms with E-state index >= 15 is 0 Å². The Kier molecular flexibility index (Phi) is 4.02. The van der Waals surface area contributed by atoms with Crippen molar-refractivity contribution in [2.75, 3.05) is 12.6 Å². The molecular formula is C2H9NO7P2. The second kappa shape index (κ2) is 3.95. The first-order valence-electron chi connectivity index (χ1n) is 2.63. The third-order valence-corrected chi connectivity index (χ3v) is 2.08. The molecule has 8 nitrogen and oxygen atoms in total. The Morgan fingerprint density at radius 2 is 1.17 bits per heavy atom. The van der Waals surface area contributed by atoms with Gasteiger partial charge in [0.1, 0.15) is 12.6 Å². The van der Waals surface area contributed by atoms with Crippen molar-refractivity contribution in [1.29, 1.82) is 0 Å². The molecule has 0 unspecified atom stereocenters. The monoisotopic (exact) mass is 221 g/mol. The predicted octanol–water partition coefficient (Wildman–Crippen LogP) is -1.05. The lowest BCUT2D eigenvalue weighted by atomic mass is 11.2. The van der Waals surface area contributed by atoms with E-state index < -0.39 is 27.8 Å². The van der Waals surface area contributed by atoms with Crippen LogP contribution in [0.2, 0.25) is 0 Å². The van der Waals surface area contributed by atoms with Crippen LogP contribution in [0.4, 0.5) is 0 Å². The average Bonchev–Trinajstić information content (AvgIpc) is 1.49. The first kappa shape index (κ1) is 12.2. The van der Waals surface area contributed by atoms with E-state index in [2.05, 4.69) is 0 Å². The maximum atomic E-state index is 10.2. The molecule has 0 heterocycles. The topological polar surface area (TPSA) is 139 Å². The Labute approximate surface area is 67.7 Å². The van der Waals surface area contributed by atoms with Gasteiger partial charge in [-0.25, -0.2) is 0 Å². The maximum Gasteiger partial charge on any atom is 0.341 e. The van der Waals surface area contributed by atoms with Crippen molar-refractivity contribution >= 4 is 15.2 Å². The van der Waals surface area contributed by atoms with Crippen LogP contribution in [0.25, 0.3) is 0 Å². The Balaban J connectivity index is 4.00. The van der Waals surface area contributed by atoms with Gasteiger partial charge in [-0.3, -0.25) is 9.13 Å². The first-order valence-corrected chi connectivity index (χ1v) is 6.23. The number of nitrogens with zero attached hydrogens (tertiary/aromatic N) is 1. The van der Waals surface area contributed by atoms with Crippen molar-refractivity contribution in [2.24, 2.45) is 0 Å². The second-order valence-electron chi connectivity index (χ2n) is 2.12. The fraction of sp³-hybridized carbons (Fsp3) is 1.00. The van der Waals surface area contributed by atoms with Crippen molar-refractivity contribution in [1.82, 2.24) is 5.06 Å². The molecule has 0 saturated carbocycles. The molecule has 0 atom stereocenters. The number of hydrogen-bond acceptors (Lipinski definition) is 4. The molecule has 0 rings (SSSR count). The number of hydroxylamine groups is 2. The Hall–Kier alpha value is 0.220. The van der Waals surface area contributed by atoms with Gasteiger partial charge in [0.15, 0.2) is 0 Å². The zero-order valence-corrected chi connectivity index (χ0v) is 7.60. The summed E-state index contributed by atoms with van der Waals surface area (Å²) in [5.74, 6) is 0. The summed E-state index contributed by atoms with van der Waals surface area (Å²) in [6, 6.07) is 0. The van der Waals surface area contributed by atoms with Crippen molar-refractivity contribution in [3.05, 3.63) is 0 Å². The summed E-state index contributed by atoms with van der Waals surface area (Å²) in [7, 11) is -8.95. The Morgan fingerprint density at radius 1 is 0.917 bits per heavy atom. The van der Waals surface area contributed by atoms with Crippen LogP contribution in [0.1, 0.15) is 0 Å². The minimum atomic E-state index is -4.48. The van der Waals surface area contributed by atoms with Gasteiger partial charge in [-0.15, -0.1) is 0 Å². The molecule has 0 fully saturated rings. The summed E-state index contributed by atoms with van der Waals surface area (Å²) in [6.07, 6.45) is -2.20. The Morgan fingerprint density at radius 3 is 1.33 bits per heavy atom. The minimum Gasteiger partial charge on any atom is -0.323 e. The first-order chi connectivity index (χ1) is 5.10. The number of rotatable bonds is 4. The van der Waals surface area contributed by atoms with Crippen molar-refractivity contribution in [3.63, 3.8) is 0 Å². The van der Waals surface area contributed by atoms with Crippen LogP contribution in [0.5, 0.6) is 0 Å². The van der Waals surface area contributed by atoms with E-state index in [0.29, 0.717) is 0 Å². The molecule has 12 heavy (non-hydrogen) atoms. The van der Waals surface area contributed by atoms with Gasteiger partial charge in [-0.2, -0.15) is 5.06 Å². The predicted molar refractivity (Wildman–Crippen MR) is 37.4 cm³/mol.